The van der Waals surface area contributed by atoms with Crippen molar-refractivity contribution in [2.24, 2.45) is 17.8 Å². The molecular weight excluding hydrogens is 635 g/mol. The molecule has 4 fully saturated rings. The summed E-state index contributed by atoms with van der Waals surface area (Å²) in [5.74, 6) is 1.93. The zero-order chi connectivity index (χ0) is 36.7. The molecule has 4 aliphatic carbocycles. The molecule has 0 radical (unpaired) electrons. The van der Waals surface area contributed by atoms with Crippen LogP contribution in [-0.4, -0.2) is 73.0 Å². The number of hydrogen-bond acceptors (Lipinski definition) is 5. The Labute approximate surface area is 314 Å². The highest BCUT2D eigenvalue weighted by molar-refractivity contribution is 5.89. The van der Waals surface area contributed by atoms with E-state index in [4.69, 9.17) is 4.74 Å². The molecule has 1 unspecified atom stereocenters. The monoisotopic (exact) mass is 716 g/mol. The predicted molar refractivity (Wildman–Crippen MR) is 212 cm³/mol. The van der Waals surface area contributed by atoms with Crippen molar-refractivity contribution >= 4 is 17.8 Å². The molecule has 1 N–H and O–H groups in total. The highest BCUT2D eigenvalue weighted by atomic mass is 16.5. The van der Waals surface area contributed by atoms with Gasteiger partial charge in [-0.15, -0.1) is 0 Å². The second-order valence-electron chi connectivity index (χ2n) is 17.5. The van der Waals surface area contributed by atoms with Crippen LogP contribution in [0, 0.1) is 17.8 Å². The van der Waals surface area contributed by atoms with Gasteiger partial charge in [-0.05, 0) is 96.2 Å². The Kier molecular flexibility index (Phi) is 21.8. The van der Waals surface area contributed by atoms with Crippen molar-refractivity contribution in [2.45, 2.75) is 212 Å². The van der Waals surface area contributed by atoms with Crippen molar-refractivity contribution in [3.63, 3.8) is 0 Å². The van der Waals surface area contributed by atoms with Crippen molar-refractivity contribution in [2.75, 3.05) is 33.8 Å². The molecular formula is C44H81N3O4. The molecule has 0 heterocycles. The minimum absolute atomic E-state index is 0.0539. The molecule has 0 aliphatic heterocycles. The predicted octanol–water partition coefficient (Wildman–Crippen LogP) is 10.4. The van der Waals surface area contributed by atoms with Crippen molar-refractivity contribution < 1.29 is 19.1 Å². The second-order valence-corrected chi connectivity index (χ2v) is 17.5. The smallest absolute Gasteiger partial charge is 0.306 e. The van der Waals surface area contributed by atoms with Gasteiger partial charge in [0.05, 0.1) is 13.0 Å². The zero-order valence-electron chi connectivity index (χ0n) is 34.0. The van der Waals surface area contributed by atoms with Crippen LogP contribution >= 0.6 is 0 Å². The molecule has 0 aromatic rings. The summed E-state index contributed by atoms with van der Waals surface area (Å²) in [7, 11) is 4.10. The van der Waals surface area contributed by atoms with Crippen LogP contribution in [-0.2, 0) is 19.1 Å². The Morgan fingerprint density at radius 3 is 1.59 bits per heavy atom. The SMILES string of the molecule is CCCCCCCCCCCCOC(=O)CCC(=O)N(CCCN(C)C)C(CCCCCCCCCCC)C(=O)NC12CC3CC(CC(C3)C1)C2. The van der Waals surface area contributed by atoms with Crippen LogP contribution < -0.4 is 5.32 Å². The summed E-state index contributed by atoms with van der Waals surface area (Å²) in [6.45, 7) is 6.35. The molecule has 7 heteroatoms. The molecule has 4 bridgehead atoms. The van der Waals surface area contributed by atoms with Gasteiger partial charge in [-0.2, -0.15) is 0 Å². The maximum Gasteiger partial charge on any atom is 0.306 e. The van der Waals surface area contributed by atoms with Crippen molar-refractivity contribution in [3.8, 4) is 0 Å². The largest absolute Gasteiger partial charge is 0.466 e. The van der Waals surface area contributed by atoms with Gasteiger partial charge < -0.3 is 19.9 Å². The van der Waals surface area contributed by atoms with Crippen LogP contribution in [0.4, 0.5) is 0 Å². The Morgan fingerprint density at radius 1 is 0.627 bits per heavy atom. The third-order valence-electron chi connectivity index (χ3n) is 12.3. The Bertz CT molecular complexity index is 933. The summed E-state index contributed by atoms with van der Waals surface area (Å²) in [5, 5.41) is 3.63. The van der Waals surface area contributed by atoms with Crippen LogP contribution in [0.15, 0.2) is 0 Å². The number of esters is 1. The third kappa shape index (κ3) is 17.4. The number of carbonyl (C=O) groups excluding carboxylic acids is 3. The van der Waals surface area contributed by atoms with Gasteiger partial charge in [0.25, 0.3) is 0 Å². The number of carbonyl (C=O) groups is 3. The number of nitrogens with zero attached hydrogens (tertiary/aromatic N) is 2. The maximum absolute atomic E-state index is 14.4. The minimum Gasteiger partial charge on any atom is -0.466 e. The molecule has 0 spiro atoms. The molecule has 1 atom stereocenters. The van der Waals surface area contributed by atoms with Gasteiger partial charge in [-0.3, -0.25) is 14.4 Å². The quantitative estimate of drug-likeness (QED) is 0.0571. The average Bonchev–Trinajstić information content (AvgIpc) is 3.08. The summed E-state index contributed by atoms with van der Waals surface area (Å²) in [5.41, 5.74) is -0.0840. The normalized spacial score (nSPS) is 22.7. The fourth-order valence-corrected chi connectivity index (χ4v) is 9.90. The van der Waals surface area contributed by atoms with E-state index in [9.17, 15) is 14.4 Å². The lowest BCUT2D eigenvalue weighted by molar-refractivity contribution is -0.148. The van der Waals surface area contributed by atoms with Crippen LogP contribution in [0.3, 0.4) is 0 Å². The van der Waals surface area contributed by atoms with Gasteiger partial charge in [0, 0.05) is 18.5 Å². The summed E-state index contributed by atoms with van der Waals surface area (Å²) < 4.78 is 5.56. The molecule has 0 saturated heterocycles. The number of nitrogens with one attached hydrogen (secondary N) is 1. The number of ether oxygens (including phenoxy) is 1. The van der Waals surface area contributed by atoms with Crippen molar-refractivity contribution in [1.29, 1.82) is 0 Å². The lowest BCUT2D eigenvalue weighted by Gasteiger charge is -2.57. The molecule has 4 rings (SSSR count). The molecule has 0 aromatic heterocycles. The Morgan fingerprint density at radius 2 is 1.10 bits per heavy atom. The second kappa shape index (κ2) is 25.4. The fraction of sp³-hybridized carbons (Fsp3) is 0.932. The summed E-state index contributed by atoms with van der Waals surface area (Å²) in [6, 6.07) is -0.472. The van der Waals surface area contributed by atoms with Crippen molar-refractivity contribution in [1.82, 2.24) is 15.1 Å². The molecule has 2 amide bonds. The number of rotatable bonds is 31. The van der Waals surface area contributed by atoms with Crippen LogP contribution in [0.5, 0.6) is 0 Å². The molecule has 51 heavy (non-hydrogen) atoms. The van der Waals surface area contributed by atoms with E-state index >= 15 is 0 Å². The van der Waals surface area contributed by atoms with E-state index in [0.717, 1.165) is 75.7 Å². The molecule has 0 aromatic carbocycles. The highest BCUT2D eigenvalue weighted by Crippen LogP contribution is 2.55. The number of unbranched alkanes of at least 4 members (excludes halogenated alkanes) is 17. The van der Waals surface area contributed by atoms with Gasteiger partial charge >= 0.3 is 5.97 Å². The number of amides is 2. The summed E-state index contributed by atoms with van der Waals surface area (Å²) in [6.07, 6.45) is 32.5. The maximum atomic E-state index is 14.4. The number of hydrogen-bond donors (Lipinski definition) is 1. The first-order chi connectivity index (χ1) is 24.7. The molecule has 7 nitrogen and oxygen atoms in total. The van der Waals surface area contributed by atoms with E-state index in [2.05, 4.69) is 38.2 Å². The van der Waals surface area contributed by atoms with E-state index in [0.29, 0.717) is 19.6 Å². The Hall–Kier alpha value is -1.63. The molecule has 4 saturated carbocycles. The third-order valence-corrected chi connectivity index (χ3v) is 12.3. The first kappa shape index (κ1) is 43.8. The van der Waals surface area contributed by atoms with Crippen LogP contribution in [0.2, 0.25) is 0 Å². The lowest BCUT2D eigenvalue weighted by Crippen LogP contribution is -2.63. The highest BCUT2D eigenvalue weighted by Gasteiger charge is 2.52. The lowest BCUT2D eigenvalue weighted by atomic mass is 9.53. The van der Waals surface area contributed by atoms with Gasteiger partial charge in [0.2, 0.25) is 11.8 Å². The van der Waals surface area contributed by atoms with Crippen molar-refractivity contribution in [3.05, 3.63) is 0 Å². The van der Waals surface area contributed by atoms with E-state index in [1.165, 1.54) is 116 Å². The van der Waals surface area contributed by atoms with E-state index in [1.807, 2.05) is 4.90 Å². The summed E-state index contributed by atoms with van der Waals surface area (Å²) in [4.78, 5) is 45.1. The standard InChI is InChI=1S/C44H81N3O4/c1-5-7-9-11-13-15-17-19-21-23-30-51-42(49)27-26-41(48)47(29-24-28-46(3)4)40(25-22-20-18-16-14-12-10-8-6-2)43(50)45-44-34-37-31-38(35-44)33-39(32-37)36-44/h37-40H,5-36H2,1-4H3,(H,45,50). The Balaban J connectivity index is 1.52. The summed E-state index contributed by atoms with van der Waals surface area (Å²) >= 11 is 0. The van der Waals surface area contributed by atoms with Crippen LogP contribution in [0.1, 0.15) is 200 Å². The first-order valence-corrected chi connectivity index (χ1v) is 22.2. The first-order valence-electron chi connectivity index (χ1n) is 22.2. The minimum atomic E-state index is -0.472. The van der Waals surface area contributed by atoms with Gasteiger partial charge in [-0.1, -0.05) is 129 Å². The zero-order valence-corrected chi connectivity index (χ0v) is 34.0. The van der Waals surface area contributed by atoms with Gasteiger partial charge in [0.15, 0.2) is 0 Å². The molecule has 296 valence electrons. The van der Waals surface area contributed by atoms with Gasteiger partial charge in [-0.25, -0.2) is 0 Å². The van der Waals surface area contributed by atoms with E-state index in [-0.39, 0.29) is 36.2 Å². The van der Waals surface area contributed by atoms with Crippen LogP contribution in [0.25, 0.3) is 0 Å². The topological polar surface area (TPSA) is 79.0 Å². The van der Waals surface area contributed by atoms with E-state index < -0.39 is 6.04 Å². The fourth-order valence-electron chi connectivity index (χ4n) is 9.90. The van der Waals surface area contributed by atoms with Gasteiger partial charge in [0.1, 0.15) is 6.04 Å². The average molecular weight is 716 g/mol. The van der Waals surface area contributed by atoms with E-state index in [1.54, 1.807) is 0 Å². The molecule has 4 aliphatic rings.